The molecule has 1 N–H and O–H groups in total. The van der Waals surface area contributed by atoms with Crippen LogP contribution in [0.5, 0.6) is 5.75 Å². The van der Waals surface area contributed by atoms with E-state index in [-0.39, 0.29) is 0 Å². The van der Waals surface area contributed by atoms with Gasteiger partial charge in [-0.25, -0.2) is 0 Å². The second-order valence-corrected chi connectivity index (χ2v) is 5.99. The first-order valence-corrected chi connectivity index (χ1v) is 7.41. The van der Waals surface area contributed by atoms with Gasteiger partial charge in [-0.1, -0.05) is 0 Å². The van der Waals surface area contributed by atoms with Gasteiger partial charge in [-0.15, -0.1) is 0 Å². The molecular weight excluding hydrogens is 248 g/mol. The molecule has 5 heteroatoms. The summed E-state index contributed by atoms with van der Waals surface area (Å²) < 4.78 is 16.6. The molecule has 4 nitrogen and oxygen atoms in total. The van der Waals surface area contributed by atoms with Gasteiger partial charge in [-0.2, -0.15) is 5.26 Å². The zero-order chi connectivity index (χ0) is 13.0. The van der Waals surface area contributed by atoms with Gasteiger partial charge in [-0.05, 0) is 25.0 Å². The lowest BCUT2D eigenvalue weighted by Gasteiger charge is -2.24. The average Bonchev–Trinajstić information content (AvgIpc) is 2.41. The molecule has 0 unspecified atom stereocenters. The zero-order valence-corrected chi connectivity index (χ0v) is 11.1. The number of benzene rings is 1. The van der Waals surface area contributed by atoms with E-state index >= 15 is 0 Å². The van der Waals surface area contributed by atoms with Crippen LogP contribution in [0.3, 0.4) is 0 Å². The fourth-order valence-corrected chi connectivity index (χ4v) is 3.34. The molecule has 0 radical (unpaired) electrons. The van der Waals surface area contributed by atoms with Crippen molar-refractivity contribution in [3.05, 3.63) is 23.8 Å². The van der Waals surface area contributed by atoms with Crippen molar-refractivity contribution in [1.29, 1.82) is 5.26 Å². The molecule has 0 atom stereocenters. The van der Waals surface area contributed by atoms with Gasteiger partial charge in [0.05, 0.1) is 24.4 Å². The van der Waals surface area contributed by atoms with E-state index in [0.29, 0.717) is 17.4 Å². The minimum atomic E-state index is -0.645. The Hall–Kier alpha value is -1.54. The van der Waals surface area contributed by atoms with E-state index in [1.807, 2.05) is 6.07 Å². The van der Waals surface area contributed by atoms with Gasteiger partial charge in [0.2, 0.25) is 0 Å². The maximum atomic E-state index is 11.3. The molecule has 2 rings (SSSR count). The predicted molar refractivity (Wildman–Crippen MR) is 72.2 cm³/mol. The Bertz CT molecular complexity index is 486. The van der Waals surface area contributed by atoms with E-state index in [2.05, 4.69) is 11.4 Å². The van der Waals surface area contributed by atoms with Crippen LogP contribution in [0.25, 0.3) is 0 Å². The number of nitriles is 1. The molecular formula is C13H16N2O2S. The van der Waals surface area contributed by atoms with Crippen LogP contribution in [-0.2, 0) is 10.8 Å². The lowest BCUT2D eigenvalue weighted by atomic mass is 10.1. The van der Waals surface area contributed by atoms with E-state index < -0.39 is 10.8 Å². The van der Waals surface area contributed by atoms with Crippen molar-refractivity contribution in [3.63, 3.8) is 0 Å². The van der Waals surface area contributed by atoms with Crippen molar-refractivity contribution in [2.24, 2.45) is 0 Å². The summed E-state index contributed by atoms with van der Waals surface area (Å²) in [4.78, 5) is 0. The van der Waals surface area contributed by atoms with Gasteiger partial charge >= 0.3 is 0 Å². The van der Waals surface area contributed by atoms with Crippen LogP contribution in [0, 0.1) is 11.3 Å². The normalized spacial score (nSPS) is 23.1. The monoisotopic (exact) mass is 264 g/mol. The van der Waals surface area contributed by atoms with E-state index in [4.69, 9.17) is 10.00 Å². The lowest BCUT2D eigenvalue weighted by molar-refractivity contribution is 0.415. The molecule has 1 aromatic carbocycles. The van der Waals surface area contributed by atoms with E-state index in [0.717, 1.165) is 30.0 Å². The third kappa shape index (κ3) is 3.02. The van der Waals surface area contributed by atoms with Gasteiger partial charge in [0.25, 0.3) is 0 Å². The molecule has 0 bridgehead atoms. The Balaban J connectivity index is 2.09. The highest BCUT2D eigenvalue weighted by molar-refractivity contribution is 7.85. The molecule has 96 valence electrons. The van der Waals surface area contributed by atoms with Gasteiger partial charge in [0, 0.05) is 34.4 Å². The Morgan fingerprint density at radius 1 is 1.44 bits per heavy atom. The summed E-state index contributed by atoms with van der Waals surface area (Å²) in [6.07, 6.45) is 1.82. The van der Waals surface area contributed by atoms with Crippen molar-refractivity contribution in [1.82, 2.24) is 0 Å². The van der Waals surface area contributed by atoms with Gasteiger partial charge in [-0.3, -0.25) is 4.21 Å². The quantitative estimate of drug-likeness (QED) is 0.905. The third-order valence-electron chi connectivity index (χ3n) is 3.08. The molecule has 1 aliphatic rings. The first kappa shape index (κ1) is 12.9. The zero-order valence-electron chi connectivity index (χ0n) is 10.3. The number of hydrogen-bond acceptors (Lipinski definition) is 4. The topological polar surface area (TPSA) is 62.1 Å². The van der Waals surface area contributed by atoms with Crippen LogP contribution >= 0.6 is 0 Å². The van der Waals surface area contributed by atoms with Crippen molar-refractivity contribution in [2.75, 3.05) is 23.9 Å². The Morgan fingerprint density at radius 2 is 2.17 bits per heavy atom. The summed E-state index contributed by atoms with van der Waals surface area (Å²) in [6.45, 7) is 0. The SMILES string of the molecule is COc1cc(C#N)ccc1NC1CCS(=O)CC1. The fourth-order valence-electron chi connectivity index (χ4n) is 2.04. The first-order chi connectivity index (χ1) is 8.72. The number of anilines is 1. The minimum absolute atomic E-state index is 0.338. The highest BCUT2D eigenvalue weighted by Crippen LogP contribution is 2.27. The van der Waals surface area contributed by atoms with Crippen molar-refractivity contribution in [2.45, 2.75) is 18.9 Å². The Morgan fingerprint density at radius 3 is 2.78 bits per heavy atom. The largest absolute Gasteiger partial charge is 0.495 e. The summed E-state index contributed by atoms with van der Waals surface area (Å²) in [7, 11) is 0.949. The lowest BCUT2D eigenvalue weighted by Crippen LogP contribution is -2.29. The summed E-state index contributed by atoms with van der Waals surface area (Å²) in [5, 5.41) is 12.2. The van der Waals surface area contributed by atoms with Gasteiger partial charge in [0.15, 0.2) is 0 Å². The number of rotatable bonds is 3. The maximum Gasteiger partial charge on any atom is 0.143 e. The number of nitrogens with one attached hydrogen (secondary N) is 1. The molecule has 18 heavy (non-hydrogen) atoms. The standard InChI is InChI=1S/C13H16N2O2S/c1-17-13-8-10(9-14)2-3-12(13)15-11-4-6-18(16)7-5-11/h2-3,8,11,15H,4-7H2,1H3. The molecule has 1 heterocycles. The van der Waals surface area contributed by atoms with Gasteiger partial charge in [0.1, 0.15) is 5.75 Å². The van der Waals surface area contributed by atoms with Crippen LogP contribution in [0.4, 0.5) is 5.69 Å². The Labute approximate surface area is 109 Å². The predicted octanol–water partition coefficient (Wildman–Crippen LogP) is 1.89. The highest BCUT2D eigenvalue weighted by atomic mass is 32.2. The molecule has 1 saturated heterocycles. The molecule has 0 aromatic heterocycles. The summed E-state index contributed by atoms with van der Waals surface area (Å²) >= 11 is 0. The molecule has 1 aliphatic heterocycles. The van der Waals surface area contributed by atoms with Crippen LogP contribution in [-0.4, -0.2) is 28.9 Å². The second kappa shape index (κ2) is 5.87. The van der Waals surface area contributed by atoms with Crippen LogP contribution in [0.1, 0.15) is 18.4 Å². The number of ether oxygens (including phenoxy) is 1. The summed E-state index contributed by atoms with van der Waals surface area (Å²) in [6, 6.07) is 7.79. The number of methoxy groups -OCH3 is 1. The highest BCUT2D eigenvalue weighted by Gasteiger charge is 2.18. The van der Waals surface area contributed by atoms with E-state index in [1.54, 1.807) is 19.2 Å². The van der Waals surface area contributed by atoms with Crippen LogP contribution in [0.15, 0.2) is 18.2 Å². The number of nitrogens with zero attached hydrogens (tertiary/aromatic N) is 1. The fraction of sp³-hybridized carbons (Fsp3) is 0.462. The molecule has 0 aliphatic carbocycles. The van der Waals surface area contributed by atoms with Crippen molar-refractivity contribution in [3.8, 4) is 11.8 Å². The van der Waals surface area contributed by atoms with Crippen molar-refractivity contribution < 1.29 is 8.95 Å². The molecule has 0 saturated carbocycles. The summed E-state index contributed by atoms with van der Waals surface area (Å²) in [5.74, 6) is 2.20. The van der Waals surface area contributed by atoms with Gasteiger partial charge < -0.3 is 10.1 Å². The Kier molecular flexibility index (Phi) is 4.21. The second-order valence-electron chi connectivity index (χ2n) is 4.29. The maximum absolute atomic E-state index is 11.3. The minimum Gasteiger partial charge on any atom is -0.495 e. The van der Waals surface area contributed by atoms with E-state index in [9.17, 15) is 4.21 Å². The smallest absolute Gasteiger partial charge is 0.143 e. The first-order valence-electron chi connectivity index (χ1n) is 5.92. The third-order valence-corrected chi connectivity index (χ3v) is 4.46. The van der Waals surface area contributed by atoms with E-state index in [1.165, 1.54) is 0 Å². The van der Waals surface area contributed by atoms with Crippen LogP contribution in [0.2, 0.25) is 0 Å². The average molecular weight is 264 g/mol. The molecule has 0 amide bonds. The van der Waals surface area contributed by atoms with Crippen molar-refractivity contribution >= 4 is 16.5 Å². The summed E-state index contributed by atoms with van der Waals surface area (Å²) in [5.41, 5.74) is 1.48. The molecule has 0 spiro atoms. The molecule has 1 aromatic rings. The molecule has 1 fully saturated rings. The number of hydrogen-bond donors (Lipinski definition) is 1. The van der Waals surface area contributed by atoms with Crippen LogP contribution < -0.4 is 10.1 Å².